The summed E-state index contributed by atoms with van der Waals surface area (Å²) in [4.78, 5) is 23.8. The molecule has 1 aliphatic heterocycles. The minimum atomic E-state index is -0.00820. The maximum atomic E-state index is 12.9. The molecule has 3 aromatic rings. The summed E-state index contributed by atoms with van der Waals surface area (Å²) in [6.45, 7) is 3.47. The second-order valence-corrected chi connectivity index (χ2v) is 8.17. The first kappa shape index (κ1) is 19.6. The predicted molar refractivity (Wildman–Crippen MR) is 114 cm³/mol. The van der Waals surface area contributed by atoms with Crippen LogP contribution in [0.2, 0.25) is 5.02 Å². The SMILES string of the molecule is Cc1cc(Cc2ccccc2Cl)cc([C@H]2CCCN(C(=O)c3nccn3C)C2)n1. The molecule has 150 valence electrons. The maximum absolute atomic E-state index is 12.9. The number of carbonyl (C=O) groups is 1. The molecule has 5 nitrogen and oxygen atoms in total. The van der Waals surface area contributed by atoms with Crippen LogP contribution in [0.4, 0.5) is 0 Å². The summed E-state index contributed by atoms with van der Waals surface area (Å²) < 4.78 is 1.78. The summed E-state index contributed by atoms with van der Waals surface area (Å²) in [5.74, 6) is 0.714. The van der Waals surface area contributed by atoms with E-state index in [0.717, 1.165) is 47.8 Å². The highest BCUT2D eigenvalue weighted by atomic mass is 35.5. The van der Waals surface area contributed by atoms with Gasteiger partial charge >= 0.3 is 0 Å². The number of benzene rings is 1. The molecule has 2 aromatic heterocycles. The second-order valence-electron chi connectivity index (χ2n) is 7.76. The van der Waals surface area contributed by atoms with Crippen LogP contribution in [0.25, 0.3) is 0 Å². The molecule has 0 bridgehead atoms. The van der Waals surface area contributed by atoms with Crippen molar-refractivity contribution in [3.8, 4) is 0 Å². The Morgan fingerprint density at radius 3 is 2.86 bits per heavy atom. The number of nitrogens with zero attached hydrogens (tertiary/aromatic N) is 4. The molecule has 1 aromatic carbocycles. The van der Waals surface area contributed by atoms with Crippen molar-refractivity contribution in [2.75, 3.05) is 13.1 Å². The Bertz CT molecular complexity index is 1030. The van der Waals surface area contributed by atoms with E-state index in [9.17, 15) is 4.79 Å². The molecule has 0 spiro atoms. The first-order chi connectivity index (χ1) is 14.0. The first-order valence-electron chi connectivity index (χ1n) is 9.98. The lowest BCUT2D eigenvalue weighted by molar-refractivity contribution is 0.0690. The van der Waals surface area contributed by atoms with E-state index in [-0.39, 0.29) is 11.8 Å². The van der Waals surface area contributed by atoms with E-state index < -0.39 is 0 Å². The van der Waals surface area contributed by atoms with Gasteiger partial charge in [-0.1, -0.05) is 29.8 Å². The van der Waals surface area contributed by atoms with Gasteiger partial charge < -0.3 is 9.47 Å². The zero-order valence-corrected chi connectivity index (χ0v) is 17.6. The number of rotatable bonds is 4. The normalized spacial score (nSPS) is 16.8. The van der Waals surface area contributed by atoms with Crippen LogP contribution in [0.5, 0.6) is 0 Å². The highest BCUT2D eigenvalue weighted by Crippen LogP contribution is 2.28. The van der Waals surface area contributed by atoms with Gasteiger partial charge in [-0.25, -0.2) is 4.98 Å². The van der Waals surface area contributed by atoms with Gasteiger partial charge in [0.2, 0.25) is 0 Å². The van der Waals surface area contributed by atoms with Gasteiger partial charge in [0, 0.05) is 54.9 Å². The van der Waals surface area contributed by atoms with Crippen LogP contribution in [-0.4, -0.2) is 38.4 Å². The van der Waals surface area contributed by atoms with Gasteiger partial charge in [0.1, 0.15) is 0 Å². The fraction of sp³-hybridized carbons (Fsp3) is 0.348. The predicted octanol–water partition coefficient (Wildman–Crippen LogP) is 4.39. The van der Waals surface area contributed by atoms with E-state index in [1.165, 1.54) is 5.56 Å². The fourth-order valence-corrected chi connectivity index (χ4v) is 4.26. The number of pyridine rings is 1. The zero-order chi connectivity index (χ0) is 20.4. The van der Waals surface area contributed by atoms with Crippen molar-refractivity contribution in [3.05, 3.63) is 82.2 Å². The summed E-state index contributed by atoms with van der Waals surface area (Å²) in [6, 6.07) is 12.2. The smallest absolute Gasteiger partial charge is 0.289 e. The third-order valence-electron chi connectivity index (χ3n) is 5.52. The van der Waals surface area contributed by atoms with Gasteiger partial charge in [-0.15, -0.1) is 0 Å². The molecule has 6 heteroatoms. The maximum Gasteiger partial charge on any atom is 0.289 e. The number of carbonyl (C=O) groups excluding carboxylic acids is 1. The Morgan fingerprint density at radius 2 is 2.10 bits per heavy atom. The molecule has 1 aliphatic rings. The molecule has 4 rings (SSSR count). The minimum Gasteiger partial charge on any atom is -0.335 e. The molecule has 1 amide bonds. The largest absolute Gasteiger partial charge is 0.335 e. The monoisotopic (exact) mass is 408 g/mol. The average Bonchev–Trinajstić information content (AvgIpc) is 3.15. The summed E-state index contributed by atoms with van der Waals surface area (Å²) in [7, 11) is 1.85. The minimum absolute atomic E-state index is 0.00820. The summed E-state index contributed by atoms with van der Waals surface area (Å²) in [5, 5.41) is 0.785. The standard InChI is InChI=1S/C23H25ClN4O/c1-16-12-17(13-18-6-3-4-8-20(18)24)14-21(26-16)19-7-5-10-28(15-19)23(29)22-25-9-11-27(22)2/h3-4,6,8-9,11-12,14,19H,5,7,10,13,15H2,1-2H3/t19-/m0/s1. The number of imidazole rings is 1. The summed E-state index contributed by atoms with van der Waals surface area (Å²) in [6.07, 6.45) is 6.25. The molecule has 0 unspecified atom stereocenters. The van der Waals surface area contributed by atoms with Crippen LogP contribution in [0.15, 0.2) is 48.8 Å². The molecule has 1 atom stereocenters. The molecule has 1 saturated heterocycles. The lowest BCUT2D eigenvalue weighted by Gasteiger charge is -2.32. The van der Waals surface area contributed by atoms with Crippen LogP contribution in [-0.2, 0) is 13.5 Å². The molecule has 3 heterocycles. The second kappa shape index (κ2) is 8.37. The van der Waals surface area contributed by atoms with Crippen molar-refractivity contribution in [2.24, 2.45) is 7.05 Å². The van der Waals surface area contributed by atoms with Crippen molar-refractivity contribution < 1.29 is 4.79 Å². The zero-order valence-electron chi connectivity index (χ0n) is 16.8. The molecule has 29 heavy (non-hydrogen) atoms. The van der Waals surface area contributed by atoms with Crippen molar-refractivity contribution in [3.63, 3.8) is 0 Å². The van der Waals surface area contributed by atoms with Crippen molar-refractivity contribution >= 4 is 17.5 Å². The van der Waals surface area contributed by atoms with Crippen LogP contribution in [0.1, 0.15) is 51.9 Å². The summed E-state index contributed by atoms with van der Waals surface area (Å²) >= 11 is 6.35. The molecule has 0 aliphatic carbocycles. The number of hydrogen-bond acceptors (Lipinski definition) is 3. The van der Waals surface area contributed by atoms with E-state index in [2.05, 4.69) is 23.2 Å². The molecule has 0 radical (unpaired) electrons. The number of piperidine rings is 1. The third-order valence-corrected chi connectivity index (χ3v) is 5.89. The molecule has 0 saturated carbocycles. The van der Waals surface area contributed by atoms with Crippen LogP contribution >= 0.6 is 11.6 Å². The van der Waals surface area contributed by atoms with E-state index in [4.69, 9.17) is 16.6 Å². The van der Waals surface area contributed by atoms with Crippen molar-refractivity contribution in [2.45, 2.75) is 32.1 Å². The highest BCUT2D eigenvalue weighted by molar-refractivity contribution is 6.31. The van der Waals surface area contributed by atoms with Gasteiger partial charge in [-0.3, -0.25) is 9.78 Å². The van der Waals surface area contributed by atoms with Crippen LogP contribution in [0, 0.1) is 6.92 Å². The Morgan fingerprint density at radius 1 is 1.28 bits per heavy atom. The number of likely N-dealkylation sites (tertiary alicyclic amines) is 1. The molecular formula is C23H25ClN4O. The Kier molecular flexibility index (Phi) is 5.67. The highest BCUT2D eigenvalue weighted by Gasteiger charge is 2.28. The average molecular weight is 409 g/mol. The van der Waals surface area contributed by atoms with E-state index in [1.54, 1.807) is 17.0 Å². The number of hydrogen-bond donors (Lipinski definition) is 0. The van der Waals surface area contributed by atoms with Gasteiger partial charge in [0.15, 0.2) is 5.82 Å². The third kappa shape index (κ3) is 4.35. The molecule has 0 N–H and O–H groups in total. The number of halogens is 1. The Labute approximate surface area is 176 Å². The lowest BCUT2D eigenvalue weighted by atomic mass is 9.92. The Hall–Kier alpha value is -2.66. The number of aromatic nitrogens is 3. The number of aryl methyl sites for hydroxylation is 2. The van der Waals surface area contributed by atoms with Crippen LogP contribution < -0.4 is 0 Å². The topological polar surface area (TPSA) is 51.0 Å². The van der Waals surface area contributed by atoms with Gasteiger partial charge in [0.25, 0.3) is 5.91 Å². The fourth-order valence-electron chi connectivity index (χ4n) is 4.06. The van der Waals surface area contributed by atoms with Crippen LogP contribution in [0.3, 0.4) is 0 Å². The van der Waals surface area contributed by atoms with E-state index in [0.29, 0.717) is 12.4 Å². The molecule has 1 fully saturated rings. The first-order valence-corrected chi connectivity index (χ1v) is 10.4. The van der Waals surface area contributed by atoms with Gasteiger partial charge in [-0.05, 0) is 55.5 Å². The quantitative estimate of drug-likeness (QED) is 0.643. The van der Waals surface area contributed by atoms with Gasteiger partial charge in [-0.2, -0.15) is 0 Å². The molecular weight excluding hydrogens is 384 g/mol. The van der Waals surface area contributed by atoms with Crippen molar-refractivity contribution in [1.29, 1.82) is 0 Å². The van der Waals surface area contributed by atoms with Gasteiger partial charge in [0.05, 0.1) is 0 Å². The Balaban J connectivity index is 1.54. The number of amides is 1. The van der Waals surface area contributed by atoms with E-state index in [1.807, 2.05) is 37.1 Å². The lowest BCUT2D eigenvalue weighted by Crippen LogP contribution is -2.40. The van der Waals surface area contributed by atoms with Crippen molar-refractivity contribution in [1.82, 2.24) is 19.4 Å². The summed E-state index contributed by atoms with van der Waals surface area (Å²) in [5.41, 5.74) is 4.37. The van der Waals surface area contributed by atoms with E-state index >= 15 is 0 Å².